The smallest absolute Gasteiger partial charge is 0.339 e. The van der Waals surface area contributed by atoms with Crippen LogP contribution in [0.2, 0.25) is 0 Å². The summed E-state index contributed by atoms with van der Waals surface area (Å²) in [6.07, 6.45) is 0. The standard InChI is InChI=1S/C15H15NO2/c1-11-7-9-12(10-8-11)16-14-6-4-3-5-13(14)15(17)18-2/h3-10,16H,1-2H3. The molecule has 0 aliphatic rings. The summed E-state index contributed by atoms with van der Waals surface area (Å²) in [5, 5.41) is 3.21. The Morgan fingerprint density at radius 3 is 2.39 bits per heavy atom. The predicted octanol–water partition coefficient (Wildman–Crippen LogP) is 3.53. The van der Waals surface area contributed by atoms with E-state index in [0.717, 1.165) is 11.4 Å². The molecule has 0 aliphatic heterocycles. The molecule has 2 aromatic carbocycles. The van der Waals surface area contributed by atoms with Crippen LogP contribution in [0, 0.1) is 6.92 Å². The Morgan fingerprint density at radius 2 is 1.72 bits per heavy atom. The molecular weight excluding hydrogens is 226 g/mol. The van der Waals surface area contributed by atoms with Gasteiger partial charge in [0.2, 0.25) is 0 Å². The molecule has 3 nitrogen and oxygen atoms in total. The van der Waals surface area contributed by atoms with Crippen LogP contribution < -0.4 is 5.32 Å². The van der Waals surface area contributed by atoms with Crippen LogP contribution in [-0.4, -0.2) is 13.1 Å². The number of aryl methyl sites for hydroxylation is 1. The average Bonchev–Trinajstić information content (AvgIpc) is 2.41. The molecule has 18 heavy (non-hydrogen) atoms. The number of nitrogens with one attached hydrogen (secondary N) is 1. The third kappa shape index (κ3) is 2.69. The Balaban J connectivity index is 2.28. The Morgan fingerprint density at radius 1 is 1.06 bits per heavy atom. The largest absolute Gasteiger partial charge is 0.465 e. The fourth-order valence-electron chi connectivity index (χ4n) is 1.67. The van der Waals surface area contributed by atoms with Crippen molar-refractivity contribution in [3.8, 4) is 0 Å². The van der Waals surface area contributed by atoms with Gasteiger partial charge in [-0.25, -0.2) is 4.79 Å². The number of para-hydroxylation sites is 1. The molecule has 0 saturated heterocycles. The normalized spacial score (nSPS) is 9.89. The van der Waals surface area contributed by atoms with Crippen LogP contribution in [0.15, 0.2) is 48.5 Å². The molecule has 0 radical (unpaired) electrons. The van der Waals surface area contributed by atoms with Gasteiger partial charge in [-0.1, -0.05) is 29.8 Å². The number of hydrogen-bond acceptors (Lipinski definition) is 3. The van der Waals surface area contributed by atoms with Crippen LogP contribution >= 0.6 is 0 Å². The lowest BCUT2D eigenvalue weighted by molar-refractivity contribution is 0.0602. The second kappa shape index (κ2) is 5.36. The Kier molecular flexibility index (Phi) is 3.63. The molecule has 0 saturated carbocycles. The van der Waals surface area contributed by atoms with E-state index in [2.05, 4.69) is 5.32 Å². The van der Waals surface area contributed by atoms with Gasteiger partial charge in [-0.2, -0.15) is 0 Å². The van der Waals surface area contributed by atoms with Gasteiger partial charge in [-0.15, -0.1) is 0 Å². The topological polar surface area (TPSA) is 38.3 Å². The Hall–Kier alpha value is -2.29. The minimum atomic E-state index is -0.342. The molecule has 0 atom stereocenters. The first kappa shape index (κ1) is 12.2. The van der Waals surface area contributed by atoms with E-state index >= 15 is 0 Å². The van der Waals surface area contributed by atoms with Crippen molar-refractivity contribution in [1.82, 2.24) is 0 Å². The number of rotatable bonds is 3. The molecule has 0 aromatic heterocycles. The zero-order valence-electron chi connectivity index (χ0n) is 10.4. The van der Waals surface area contributed by atoms with Crippen LogP contribution in [0.5, 0.6) is 0 Å². The molecule has 0 bridgehead atoms. The number of hydrogen-bond donors (Lipinski definition) is 1. The lowest BCUT2D eigenvalue weighted by Crippen LogP contribution is -2.05. The summed E-state index contributed by atoms with van der Waals surface area (Å²) in [4.78, 5) is 11.6. The van der Waals surface area contributed by atoms with Crippen LogP contribution in [0.25, 0.3) is 0 Å². The van der Waals surface area contributed by atoms with E-state index in [1.807, 2.05) is 49.4 Å². The van der Waals surface area contributed by atoms with E-state index in [4.69, 9.17) is 4.74 Å². The Labute approximate surface area is 106 Å². The number of carbonyl (C=O) groups is 1. The molecule has 0 amide bonds. The van der Waals surface area contributed by atoms with Gasteiger partial charge in [0.05, 0.1) is 18.4 Å². The second-order valence-corrected chi connectivity index (χ2v) is 4.03. The fourth-order valence-corrected chi connectivity index (χ4v) is 1.67. The summed E-state index contributed by atoms with van der Waals surface area (Å²) in [5.74, 6) is -0.342. The maximum atomic E-state index is 11.6. The molecule has 0 heterocycles. The summed E-state index contributed by atoms with van der Waals surface area (Å²) in [6.45, 7) is 2.03. The van der Waals surface area contributed by atoms with Crippen LogP contribution in [0.4, 0.5) is 11.4 Å². The van der Waals surface area contributed by atoms with Crippen molar-refractivity contribution in [2.45, 2.75) is 6.92 Å². The van der Waals surface area contributed by atoms with Crippen LogP contribution in [-0.2, 0) is 4.74 Å². The van der Waals surface area contributed by atoms with E-state index in [-0.39, 0.29) is 5.97 Å². The van der Waals surface area contributed by atoms with Gasteiger partial charge < -0.3 is 10.1 Å². The van der Waals surface area contributed by atoms with Gasteiger partial charge in [0.25, 0.3) is 0 Å². The van der Waals surface area contributed by atoms with E-state index < -0.39 is 0 Å². The minimum Gasteiger partial charge on any atom is -0.465 e. The molecule has 0 unspecified atom stereocenters. The molecular formula is C15H15NO2. The molecule has 0 fully saturated rings. The minimum absolute atomic E-state index is 0.342. The SMILES string of the molecule is COC(=O)c1ccccc1Nc1ccc(C)cc1. The first-order valence-corrected chi connectivity index (χ1v) is 5.72. The lowest BCUT2D eigenvalue weighted by Gasteiger charge is -2.10. The maximum absolute atomic E-state index is 11.6. The third-order valence-electron chi connectivity index (χ3n) is 2.66. The highest BCUT2D eigenvalue weighted by Crippen LogP contribution is 2.21. The van der Waals surface area contributed by atoms with E-state index in [1.165, 1.54) is 12.7 Å². The fraction of sp³-hybridized carbons (Fsp3) is 0.133. The Bertz CT molecular complexity index is 547. The van der Waals surface area contributed by atoms with Gasteiger partial charge in [-0.3, -0.25) is 0 Å². The van der Waals surface area contributed by atoms with Crippen molar-refractivity contribution in [1.29, 1.82) is 0 Å². The van der Waals surface area contributed by atoms with Crippen molar-refractivity contribution in [2.24, 2.45) is 0 Å². The lowest BCUT2D eigenvalue weighted by atomic mass is 10.1. The van der Waals surface area contributed by atoms with E-state index in [9.17, 15) is 4.79 Å². The number of anilines is 2. The highest BCUT2D eigenvalue weighted by atomic mass is 16.5. The number of carbonyl (C=O) groups excluding carboxylic acids is 1. The second-order valence-electron chi connectivity index (χ2n) is 4.03. The summed E-state index contributed by atoms with van der Waals surface area (Å²) in [5.41, 5.74) is 3.41. The molecule has 92 valence electrons. The van der Waals surface area contributed by atoms with Gasteiger partial charge >= 0.3 is 5.97 Å². The van der Waals surface area contributed by atoms with Gasteiger partial charge in [0, 0.05) is 5.69 Å². The summed E-state index contributed by atoms with van der Waals surface area (Å²) in [7, 11) is 1.38. The van der Waals surface area contributed by atoms with Crippen molar-refractivity contribution in [2.75, 3.05) is 12.4 Å². The summed E-state index contributed by atoms with van der Waals surface area (Å²) < 4.78 is 4.75. The highest BCUT2D eigenvalue weighted by molar-refractivity contribution is 5.96. The molecule has 0 aliphatic carbocycles. The summed E-state index contributed by atoms with van der Waals surface area (Å²) >= 11 is 0. The third-order valence-corrected chi connectivity index (χ3v) is 2.66. The summed E-state index contributed by atoms with van der Waals surface area (Å²) in [6, 6.07) is 15.3. The van der Waals surface area contributed by atoms with Gasteiger partial charge in [0.1, 0.15) is 0 Å². The first-order chi connectivity index (χ1) is 8.70. The number of methoxy groups -OCH3 is 1. The van der Waals surface area contributed by atoms with Crippen LogP contribution in [0.1, 0.15) is 15.9 Å². The molecule has 2 rings (SSSR count). The van der Waals surface area contributed by atoms with Gasteiger partial charge in [-0.05, 0) is 31.2 Å². The monoisotopic (exact) mass is 241 g/mol. The van der Waals surface area contributed by atoms with Crippen LogP contribution in [0.3, 0.4) is 0 Å². The number of benzene rings is 2. The molecule has 3 heteroatoms. The zero-order chi connectivity index (χ0) is 13.0. The molecule has 1 N–H and O–H groups in total. The quantitative estimate of drug-likeness (QED) is 0.835. The average molecular weight is 241 g/mol. The molecule has 2 aromatic rings. The maximum Gasteiger partial charge on any atom is 0.339 e. The molecule has 0 spiro atoms. The van der Waals surface area contributed by atoms with E-state index in [0.29, 0.717) is 5.56 Å². The van der Waals surface area contributed by atoms with Crippen molar-refractivity contribution in [3.05, 3.63) is 59.7 Å². The highest BCUT2D eigenvalue weighted by Gasteiger charge is 2.10. The van der Waals surface area contributed by atoms with Crippen molar-refractivity contribution in [3.63, 3.8) is 0 Å². The number of esters is 1. The van der Waals surface area contributed by atoms with Gasteiger partial charge in [0.15, 0.2) is 0 Å². The number of ether oxygens (including phenoxy) is 1. The predicted molar refractivity (Wildman–Crippen MR) is 72.2 cm³/mol. The van der Waals surface area contributed by atoms with E-state index in [1.54, 1.807) is 6.07 Å². The van der Waals surface area contributed by atoms with Crippen molar-refractivity contribution < 1.29 is 9.53 Å². The van der Waals surface area contributed by atoms with Crippen molar-refractivity contribution >= 4 is 17.3 Å². The first-order valence-electron chi connectivity index (χ1n) is 5.72. The zero-order valence-corrected chi connectivity index (χ0v) is 10.4.